The molecule has 1 atom stereocenters. The lowest BCUT2D eigenvalue weighted by atomic mass is 9.89. The fourth-order valence-corrected chi connectivity index (χ4v) is 2.85. The fourth-order valence-electron chi connectivity index (χ4n) is 2.45. The van der Waals surface area contributed by atoms with Crippen LogP contribution >= 0.6 is 12.6 Å². The zero-order valence-corrected chi connectivity index (χ0v) is 12.6. The smallest absolute Gasteiger partial charge is 0.242 e. The number of rotatable bonds is 4. The summed E-state index contributed by atoms with van der Waals surface area (Å²) in [6.07, 6.45) is 0.887. The number of aliphatic hydroxyl groups is 1. The Balaban J connectivity index is 2.16. The highest BCUT2D eigenvalue weighted by molar-refractivity contribution is 7.82. The number of nitrogens with zero attached hydrogens (tertiary/aromatic N) is 1. The minimum absolute atomic E-state index is 0.161. The van der Waals surface area contributed by atoms with Crippen molar-refractivity contribution in [2.24, 2.45) is 0 Å². The number of para-hydroxylation sites is 1. The van der Waals surface area contributed by atoms with Gasteiger partial charge in [0.25, 0.3) is 0 Å². The molecule has 1 aliphatic heterocycles. The van der Waals surface area contributed by atoms with Crippen LogP contribution in [-0.4, -0.2) is 41.6 Å². The van der Waals surface area contributed by atoms with Crippen LogP contribution in [0.1, 0.15) is 19.8 Å². The molecule has 0 aliphatic carbocycles. The van der Waals surface area contributed by atoms with Gasteiger partial charge in [0.15, 0.2) is 0 Å². The molecule has 0 radical (unpaired) electrons. The Kier molecular flexibility index (Phi) is 5.07. The monoisotopic (exact) mass is 295 g/mol. The maximum Gasteiger partial charge on any atom is 0.242 e. The van der Waals surface area contributed by atoms with Gasteiger partial charge in [0.2, 0.25) is 5.91 Å². The first-order valence-electron chi connectivity index (χ1n) is 6.93. The van der Waals surface area contributed by atoms with Gasteiger partial charge in [-0.3, -0.25) is 4.79 Å². The third-order valence-corrected chi connectivity index (χ3v) is 4.45. The Morgan fingerprint density at radius 2 is 2.00 bits per heavy atom. The Bertz CT molecular complexity index is 446. The Morgan fingerprint density at radius 1 is 1.40 bits per heavy atom. The number of ether oxygens (including phenoxy) is 1. The van der Waals surface area contributed by atoms with E-state index in [4.69, 9.17) is 4.74 Å². The summed E-state index contributed by atoms with van der Waals surface area (Å²) in [5.41, 5.74) is -0.254. The van der Waals surface area contributed by atoms with E-state index >= 15 is 0 Å². The quantitative estimate of drug-likeness (QED) is 0.834. The molecule has 110 valence electrons. The molecule has 1 aliphatic rings. The predicted octanol–water partition coefficient (Wildman–Crippen LogP) is 1.88. The number of carbonyl (C=O) groups excluding carboxylic acids is 1. The van der Waals surface area contributed by atoms with Crippen molar-refractivity contribution in [1.82, 2.24) is 0 Å². The van der Waals surface area contributed by atoms with Crippen LogP contribution < -0.4 is 4.90 Å². The van der Waals surface area contributed by atoms with Gasteiger partial charge < -0.3 is 14.7 Å². The molecule has 1 unspecified atom stereocenters. The average Bonchev–Trinajstić information content (AvgIpc) is 2.49. The number of carbonyl (C=O) groups is 1. The van der Waals surface area contributed by atoms with Crippen LogP contribution in [0.5, 0.6) is 0 Å². The van der Waals surface area contributed by atoms with Gasteiger partial charge in [-0.15, -0.1) is 0 Å². The molecule has 20 heavy (non-hydrogen) atoms. The molecule has 1 aromatic carbocycles. The van der Waals surface area contributed by atoms with Crippen molar-refractivity contribution in [3.05, 3.63) is 30.3 Å². The lowest BCUT2D eigenvalue weighted by Gasteiger charge is -2.37. The van der Waals surface area contributed by atoms with Crippen LogP contribution in [0, 0.1) is 0 Å². The van der Waals surface area contributed by atoms with Crippen molar-refractivity contribution in [3.63, 3.8) is 0 Å². The second kappa shape index (κ2) is 6.61. The first kappa shape index (κ1) is 15.4. The molecule has 1 heterocycles. The summed E-state index contributed by atoms with van der Waals surface area (Å²) in [7, 11) is 0. The van der Waals surface area contributed by atoms with Crippen LogP contribution in [0.4, 0.5) is 5.69 Å². The standard InChI is InChI=1S/C15H21NO3S/c1-2-16(12-6-4-3-5-7-12)14(17)13(20)15(18)8-10-19-11-9-15/h3-7,13,18,20H,2,8-11H2,1H3. The molecular weight excluding hydrogens is 274 g/mol. The topological polar surface area (TPSA) is 49.8 Å². The number of benzene rings is 1. The molecule has 1 fully saturated rings. The molecule has 0 saturated carbocycles. The average molecular weight is 295 g/mol. The number of hydrogen-bond donors (Lipinski definition) is 2. The third-order valence-electron chi connectivity index (χ3n) is 3.75. The highest BCUT2D eigenvalue weighted by atomic mass is 32.1. The van der Waals surface area contributed by atoms with Crippen LogP contribution in [0.25, 0.3) is 0 Å². The Morgan fingerprint density at radius 3 is 2.55 bits per heavy atom. The summed E-state index contributed by atoms with van der Waals surface area (Å²) in [4.78, 5) is 14.3. The molecule has 0 bridgehead atoms. The van der Waals surface area contributed by atoms with Gasteiger partial charge in [-0.1, -0.05) is 18.2 Å². The van der Waals surface area contributed by atoms with E-state index in [1.54, 1.807) is 4.90 Å². The van der Waals surface area contributed by atoms with Gasteiger partial charge in [0.05, 0.1) is 5.60 Å². The first-order chi connectivity index (χ1) is 9.58. The van der Waals surface area contributed by atoms with Crippen molar-refractivity contribution >= 4 is 24.2 Å². The van der Waals surface area contributed by atoms with E-state index < -0.39 is 10.9 Å². The number of hydrogen-bond acceptors (Lipinski definition) is 4. The molecule has 0 aromatic heterocycles. The van der Waals surface area contributed by atoms with E-state index in [2.05, 4.69) is 12.6 Å². The molecule has 1 N–H and O–H groups in total. The zero-order valence-electron chi connectivity index (χ0n) is 11.7. The van der Waals surface area contributed by atoms with Gasteiger partial charge in [-0.05, 0) is 19.1 Å². The summed E-state index contributed by atoms with van der Waals surface area (Å²) in [5.74, 6) is -0.161. The molecule has 5 heteroatoms. The maximum absolute atomic E-state index is 12.6. The highest BCUT2D eigenvalue weighted by Gasteiger charge is 2.42. The van der Waals surface area contributed by atoms with Crippen molar-refractivity contribution < 1.29 is 14.6 Å². The molecule has 1 saturated heterocycles. The van der Waals surface area contributed by atoms with Gasteiger partial charge in [0.1, 0.15) is 5.25 Å². The summed E-state index contributed by atoms with van der Waals surface area (Å²) in [6, 6.07) is 9.46. The number of amides is 1. The minimum Gasteiger partial charge on any atom is -0.388 e. The van der Waals surface area contributed by atoms with E-state index in [1.807, 2.05) is 37.3 Å². The Labute approximate surface area is 125 Å². The zero-order chi connectivity index (χ0) is 14.6. The van der Waals surface area contributed by atoms with E-state index in [1.165, 1.54) is 0 Å². The molecule has 2 rings (SSSR count). The van der Waals surface area contributed by atoms with Crippen molar-refractivity contribution in [2.75, 3.05) is 24.7 Å². The summed E-state index contributed by atoms with van der Waals surface area (Å²) in [5, 5.41) is 9.87. The first-order valence-corrected chi connectivity index (χ1v) is 7.45. The largest absolute Gasteiger partial charge is 0.388 e. The van der Waals surface area contributed by atoms with Crippen LogP contribution in [0.3, 0.4) is 0 Å². The summed E-state index contributed by atoms with van der Waals surface area (Å²) < 4.78 is 5.25. The van der Waals surface area contributed by atoms with Gasteiger partial charge in [0, 0.05) is 38.3 Å². The van der Waals surface area contributed by atoms with E-state index in [-0.39, 0.29) is 5.91 Å². The summed E-state index contributed by atoms with van der Waals surface area (Å²) in [6.45, 7) is 3.41. The predicted molar refractivity (Wildman–Crippen MR) is 82.2 cm³/mol. The second-order valence-corrected chi connectivity index (χ2v) is 5.55. The van der Waals surface area contributed by atoms with E-state index in [9.17, 15) is 9.90 Å². The molecule has 1 aromatic rings. The van der Waals surface area contributed by atoms with Crippen LogP contribution in [-0.2, 0) is 9.53 Å². The fraction of sp³-hybridized carbons (Fsp3) is 0.533. The van der Waals surface area contributed by atoms with E-state index in [0.717, 1.165) is 5.69 Å². The molecule has 0 spiro atoms. The number of anilines is 1. The maximum atomic E-state index is 12.6. The molecule has 1 amide bonds. The lowest BCUT2D eigenvalue weighted by Crippen LogP contribution is -2.52. The van der Waals surface area contributed by atoms with Crippen LogP contribution in [0.2, 0.25) is 0 Å². The van der Waals surface area contributed by atoms with Crippen LogP contribution in [0.15, 0.2) is 30.3 Å². The lowest BCUT2D eigenvalue weighted by molar-refractivity contribution is -0.126. The molecular formula is C15H21NO3S. The third kappa shape index (κ3) is 3.16. The second-order valence-electron chi connectivity index (χ2n) is 5.04. The van der Waals surface area contributed by atoms with Gasteiger partial charge in [-0.25, -0.2) is 0 Å². The highest BCUT2D eigenvalue weighted by Crippen LogP contribution is 2.30. The minimum atomic E-state index is -1.08. The van der Waals surface area contributed by atoms with E-state index in [0.29, 0.717) is 32.6 Å². The van der Waals surface area contributed by atoms with Crippen molar-refractivity contribution in [1.29, 1.82) is 0 Å². The molecule has 4 nitrogen and oxygen atoms in total. The van der Waals surface area contributed by atoms with Gasteiger partial charge >= 0.3 is 0 Å². The normalized spacial score (nSPS) is 19.4. The van der Waals surface area contributed by atoms with Crippen molar-refractivity contribution in [2.45, 2.75) is 30.6 Å². The van der Waals surface area contributed by atoms with Gasteiger partial charge in [-0.2, -0.15) is 12.6 Å². The number of thiol groups is 1. The van der Waals surface area contributed by atoms with Crippen molar-refractivity contribution in [3.8, 4) is 0 Å². The summed E-state index contributed by atoms with van der Waals surface area (Å²) >= 11 is 4.40. The Hall–Kier alpha value is -1.04. The SMILES string of the molecule is CCN(C(=O)C(S)C1(O)CCOCC1)c1ccccc1.